The first-order valence-corrected chi connectivity index (χ1v) is 16.6. The zero-order chi connectivity index (χ0) is 39.0. The van der Waals surface area contributed by atoms with Gasteiger partial charge in [0.2, 0.25) is 5.91 Å². The molecule has 1 aromatic heterocycles. The number of rotatable bonds is 10. The van der Waals surface area contributed by atoms with E-state index < -0.39 is 34.8 Å². The van der Waals surface area contributed by atoms with Gasteiger partial charge in [0.25, 0.3) is 5.91 Å². The third-order valence-corrected chi connectivity index (χ3v) is 8.98. The zero-order valence-electron chi connectivity index (χ0n) is 28.4. The lowest BCUT2D eigenvalue weighted by atomic mass is 9.89. The van der Waals surface area contributed by atoms with Gasteiger partial charge in [0.1, 0.15) is 28.4 Å². The predicted octanol–water partition coefficient (Wildman–Crippen LogP) is 5.27. The molecule has 14 nitrogen and oxygen atoms in total. The van der Waals surface area contributed by atoms with Crippen LogP contribution in [0.1, 0.15) is 47.8 Å². The Kier molecular flexibility index (Phi) is 9.30. The van der Waals surface area contributed by atoms with E-state index in [9.17, 15) is 49.2 Å². The predicted molar refractivity (Wildman–Crippen MR) is 197 cm³/mol. The first-order valence-electron chi connectivity index (χ1n) is 16.6. The molecule has 2 aliphatic rings. The maximum Gasteiger partial charge on any atom is 0.339 e. The van der Waals surface area contributed by atoms with Crippen molar-refractivity contribution in [2.24, 2.45) is 0 Å². The van der Waals surface area contributed by atoms with Crippen molar-refractivity contribution in [2.45, 2.75) is 19.5 Å². The number of carbonyl (C=O) groups excluding carboxylic acids is 2. The minimum Gasteiger partial charge on any atom is -0.508 e. The Labute approximate surface area is 308 Å². The number of benzene rings is 5. The van der Waals surface area contributed by atoms with E-state index in [-0.39, 0.29) is 81.3 Å². The van der Waals surface area contributed by atoms with Crippen molar-refractivity contribution in [3.05, 3.63) is 151 Å². The molecule has 0 saturated carbocycles. The summed E-state index contributed by atoms with van der Waals surface area (Å²) in [5, 5.41) is 46.4. The molecule has 274 valence electrons. The highest BCUT2D eigenvalue weighted by atomic mass is 16.4. The van der Waals surface area contributed by atoms with Gasteiger partial charge in [-0.1, -0.05) is 18.2 Å². The molecule has 0 spiro atoms. The molecule has 0 radical (unpaired) electrons. The van der Waals surface area contributed by atoms with Crippen LogP contribution in [0.2, 0.25) is 0 Å². The number of aromatic hydroxyl groups is 2. The maximum atomic E-state index is 13.2. The monoisotopic (exact) mass is 740 g/mol. The van der Waals surface area contributed by atoms with Gasteiger partial charge in [0, 0.05) is 51.7 Å². The number of phenols is 2. The molecule has 0 unspecified atom stereocenters. The van der Waals surface area contributed by atoms with Crippen LogP contribution in [0.5, 0.6) is 11.5 Å². The second-order valence-electron chi connectivity index (χ2n) is 12.6. The lowest BCUT2D eigenvalue weighted by Gasteiger charge is -2.19. The molecule has 4 aromatic carbocycles. The van der Waals surface area contributed by atoms with E-state index in [0.717, 1.165) is 6.07 Å². The minimum absolute atomic E-state index is 0.0545. The van der Waals surface area contributed by atoms with Crippen LogP contribution in [0.25, 0.3) is 44.4 Å². The Bertz CT molecular complexity index is 2800. The van der Waals surface area contributed by atoms with E-state index in [1.807, 2.05) is 0 Å². The Balaban J connectivity index is 1.10. The average Bonchev–Trinajstić information content (AvgIpc) is 3.16. The van der Waals surface area contributed by atoms with Crippen LogP contribution in [-0.2, 0) is 24.3 Å². The SMILES string of the molecule is O=C(Cc1cc2ccc(O)cc2oc1=O)NCc1ccc(C(=O)NCc2c(O)ccc3c(-c4ccc(C(=O)O)cc4C(=O)O)c4ccc(=O)cc-4oc23)cc1. The molecule has 0 atom stereocenters. The quantitative estimate of drug-likeness (QED) is 0.0778. The number of carboxylic acids is 2. The van der Waals surface area contributed by atoms with Gasteiger partial charge in [-0.2, -0.15) is 0 Å². The first kappa shape index (κ1) is 35.7. The van der Waals surface area contributed by atoms with Crippen molar-refractivity contribution in [3.8, 4) is 33.9 Å². The lowest BCUT2D eigenvalue weighted by molar-refractivity contribution is -0.120. The highest BCUT2D eigenvalue weighted by Gasteiger charge is 2.25. The summed E-state index contributed by atoms with van der Waals surface area (Å²) in [4.78, 5) is 74.6. The molecule has 5 aromatic rings. The number of hydrogen-bond donors (Lipinski definition) is 6. The van der Waals surface area contributed by atoms with Crippen LogP contribution in [-0.4, -0.2) is 44.2 Å². The molecule has 2 heterocycles. The van der Waals surface area contributed by atoms with Crippen LogP contribution in [0, 0.1) is 0 Å². The maximum absolute atomic E-state index is 13.2. The fourth-order valence-corrected chi connectivity index (χ4v) is 6.26. The van der Waals surface area contributed by atoms with Gasteiger partial charge >= 0.3 is 17.6 Å². The van der Waals surface area contributed by atoms with Crippen molar-refractivity contribution < 1.29 is 48.4 Å². The summed E-state index contributed by atoms with van der Waals surface area (Å²) in [6.07, 6.45) is -0.236. The highest BCUT2D eigenvalue weighted by Crippen LogP contribution is 2.43. The number of amides is 2. The topological polar surface area (TPSA) is 234 Å². The largest absolute Gasteiger partial charge is 0.508 e. The van der Waals surface area contributed by atoms with Gasteiger partial charge < -0.3 is 39.9 Å². The summed E-state index contributed by atoms with van der Waals surface area (Å²) in [5.41, 5.74) is 0.578. The van der Waals surface area contributed by atoms with E-state index in [1.165, 1.54) is 72.8 Å². The van der Waals surface area contributed by atoms with E-state index in [1.54, 1.807) is 18.2 Å². The first-order chi connectivity index (χ1) is 26.4. The Morgan fingerprint density at radius 2 is 1.42 bits per heavy atom. The Morgan fingerprint density at radius 3 is 2.16 bits per heavy atom. The van der Waals surface area contributed by atoms with Gasteiger partial charge in [0.05, 0.1) is 29.7 Å². The molecule has 1 aliphatic carbocycles. The van der Waals surface area contributed by atoms with E-state index in [4.69, 9.17) is 8.83 Å². The number of carboxylic acid groups (broad SMARTS) is 2. The lowest BCUT2D eigenvalue weighted by Crippen LogP contribution is -2.27. The molecule has 6 N–H and O–H groups in total. The summed E-state index contributed by atoms with van der Waals surface area (Å²) in [5.74, 6) is -3.92. The molecule has 0 fully saturated rings. The molecule has 2 amide bonds. The fourth-order valence-electron chi connectivity index (χ4n) is 6.26. The van der Waals surface area contributed by atoms with Gasteiger partial charge in [-0.05, 0) is 77.9 Å². The van der Waals surface area contributed by atoms with E-state index in [2.05, 4.69) is 10.6 Å². The number of nitrogens with one attached hydrogen (secondary N) is 2. The smallest absolute Gasteiger partial charge is 0.339 e. The number of phenolic OH excluding ortho intramolecular Hbond substituents is 2. The average molecular weight is 741 g/mol. The molecule has 1 aliphatic heterocycles. The standard InChI is InChI=1S/C41H28N2O12/c44-25-7-5-22-13-24(41(53)55-33(22)16-25)15-35(47)42-18-20-1-3-21(4-2-20)38(48)43-19-31-32(46)12-11-29-36(28-10-8-26(45)17-34(28)54-37(29)31)27-9-6-23(39(49)50)14-30(27)40(51)52/h1-14,16-17,44,46H,15,18-19H2,(H,42,47)(H,43,48)(H,49,50)(H,51,52). The zero-order valence-corrected chi connectivity index (χ0v) is 28.4. The normalized spacial score (nSPS) is 11.1. The summed E-state index contributed by atoms with van der Waals surface area (Å²) in [6.45, 7) is -0.151. The Hall–Kier alpha value is -7.74. The van der Waals surface area contributed by atoms with Gasteiger partial charge in [-0.15, -0.1) is 0 Å². The number of carbonyl (C=O) groups is 4. The second-order valence-corrected chi connectivity index (χ2v) is 12.6. The van der Waals surface area contributed by atoms with Gasteiger partial charge in [0.15, 0.2) is 5.43 Å². The van der Waals surface area contributed by atoms with Crippen molar-refractivity contribution >= 4 is 45.7 Å². The van der Waals surface area contributed by atoms with Gasteiger partial charge in [-0.3, -0.25) is 14.4 Å². The van der Waals surface area contributed by atoms with Crippen molar-refractivity contribution in [2.75, 3.05) is 0 Å². The molecular weight excluding hydrogens is 712 g/mol. The molecule has 55 heavy (non-hydrogen) atoms. The molecule has 14 heteroatoms. The molecule has 0 bridgehead atoms. The molecule has 7 rings (SSSR count). The van der Waals surface area contributed by atoms with Crippen molar-refractivity contribution in [3.63, 3.8) is 0 Å². The van der Waals surface area contributed by atoms with E-state index in [0.29, 0.717) is 27.5 Å². The molecule has 0 saturated heterocycles. The van der Waals surface area contributed by atoms with Crippen LogP contribution < -0.4 is 21.7 Å². The van der Waals surface area contributed by atoms with E-state index >= 15 is 0 Å². The third kappa shape index (κ3) is 7.19. The summed E-state index contributed by atoms with van der Waals surface area (Å²) in [6, 6.07) is 22.6. The molecular formula is C41H28N2O12. The minimum atomic E-state index is -1.39. The van der Waals surface area contributed by atoms with Crippen LogP contribution in [0.4, 0.5) is 0 Å². The summed E-state index contributed by atoms with van der Waals surface area (Å²) in [7, 11) is 0. The summed E-state index contributed by atoms with van der Waals surface area (Å²) >= 11 is 0. The highest BCUT2D eigenvalue weighted by molar-refractivity contribution is 6.09. The third-order valence-electron chi connectivity index (χ3n) is 8.98. The van der Waals surface area contributed by atoms with Gasteiger partial charge in [-0.25, -0.2) is 14.4 Å². The van der Waals surface area contributed by atoms with Crippen LogP contribution in [0.15, 0.2) is 115 Å². The Morgan fingerprint density at radius 1 is 0.673 bits per heavy atom. The van der Waals surface area contributed by atoms with Crippen molar-refractivity contribution in [1.29, 1.82) is 0 Å². The van der Waals surface area contributed by atoms with Crippen LogP contribution >= 0.6 is 0 Å². The number of aromatic carboxylic acids is 2. The number of fused-ring (bicyclic) bond motifs is 3. The number of hydrogen-bond acceptors (Lipinski definition) is 10. The fraction of sp³-hybridized carbons (Fsp3) is 0.0732. The second kappa shape index (κ2) is 14.4. The van der Waals surface area contributed by atoms with Crippen LogP contribution in [0.3, 0.4) is 0 Å². The van der Waals surface area contributed by atoms with Crippen molar-refractivity contribution in [1.82, 2.24) is 10.6 Å². The summed E-state index contributed by atoms with van der Waals surface area (Å²) < 4.78 is 11.3.